The van der Waals surface area contributed by atoms with E-state index in [-0.39, 0.29) is 11.8 Å². The van der Waals surface area contributed by atoms with E-state index in [1.54, 1.807) is 47.3 Å². The lowest BCUT2D eigenvalue weighted by Gasteiger charge is -2.34. The second kappa shape index (κ2) is 8.86. The fraction of sp³-hybridized carbons (Fsp3) is 0.238. The lowest BCUT2D eigenvalue weighted by Crippen LogP contribution is -2.50. The highest BCUT2D eigenvalue weighted by molar-refractivity contribution is 9.10. The number of rotatable bonds is 4. The summed E-state index contributed by atoms with van der Waals surface area (Å²) in [6.07, 6.45) is 3.40. The zero-order chi connectivity index (χ0) is 19.2. The third-order valence-electron chi connectivity index (χ3n) is 4.50. The van der Waals surface area contributed by atoms with Crippen LogP contribution in [0.4, 0.5) is 0 Å². The molecule has 6 heteroatoms. The first-order chi connectivity index (χ1) is 13.1. The van der Waals surface area contributed by atoms with Crippen molar-refractivity contribution in [1.29, 1.82) is 0 Å². The van der Waals surface area contributed by atoms with Crippen LogP contribution in [0.1, 0.15) is 15.9 Å². The number of hydrogen-bond donors (Lipinski definition) is 0. The van der Waals surface area contributed by atoms with Gasteiger partial charge in [0, 0.05) is 42.3 Å². The maximum absolute atomic E-state index is 12.6. The fourth-order valence-corrected chi connectivity index (χ4v) is 3.16. The molecule has 2 aromatic rings. The van der Waals surface area contributed by atoms with Crippen molar-refractivity contribution in [3.8, 4) is 5.75 Å². The zero-order valence-corrected chi connectivity index (χ0v) is 16.7. The van der Waals surface area contributed by atoms with E-state index in [4.69, 9.17) is 4.74 Å². The van der Waals surface area contributed by atoms with Crippen LogP contribution in [0.3, 0.4) is 0 Å². The SMILES string of the molecule is COc1ccc(C(=O)N2CCN(C(=O)/C=C/c3ccc(Br)cc3)CC2)cc1. The van der Waals surface area contributed by atoms with Gasteiger partial charge in [0.1, 0.15) is 5.75 Å². The van der Waals surface area contributed by atoms with E-state index >= 15 is 0 Å². The minimum absolute atomic E-state index is 0.0184. The van der Waals surface area contributed by atoms with Gasteiger partial charge in [-0.05, 0) is 48.0 Å². The largest absolute Gasteiger partial charge is 0.497 e. The standard InChI is InChI=1S/C21H21BrN2O3/c1-27-19-9-5-17(6-10-19)21(26)24-14-12-23(13-15-24)20(25)11-4-16-2-7-18(22)8-3-16/h2-11H,12-15H2,1H3/b11-4+. The Labute approximate surface area is 167 Å². The highest BCUT2D eigenvalue weighted by atomic mass is 79.9. The third-order valence-corrected chi connectivity index (χ3v) is 5.03. The number of piperazine rings is 1. The summed E-state index contributed by atoms with van der Waals surface area (Å²) in [6, 6.07) is 14.8. The number of carbonyl (C=O) groups is 2. The Kier molecular flexibility index (Phi) is 6.29. The average molecular weight is 429 g/mol. The predicted molar refractivity (Wildman–Crippen MR) is 109 cm³/mol. The van der Waals surface area contributed by atoms with Crippen molar-refractivity contribution in [2.45, 2.75) is 0 Å². The molecule has 1 saturated heterocycles. The summed E-state index contributed by atoms with van der Waals surface area (Å²) in [6.45, 7) is 2.13. The van der Waals surface area contributed by atoms with Gasteiger partial charge in [0.2, 0.25) is 5.91 Å². The van der Waals surface area contributed by atoms with E-state index in [2.05, 4.69) is 15.9 Å². The lowest BCUT2D eigenvalue weighted by molar-refractivity contribution is -0.127. The summed E-state index contributed by atoms with van der Waals surface area (Å²) in [5.74, 6) is 0.671. The monoisotopic (exact) mass is 428 g/mol. The number of amides is 2. The smallest absolute Gasteiger partial charge is 0.253 e. The summed E-state index contributed by atoms with van der Waals surface area (Å²) < 4.78 is 6.12. The summed E-state index contributed by atoms with van der Waals surface area (Å²) in [4.78, 5) is 28.5. The summed E-state index contributed by atoms with van der Waals surface area (Å²) in [7, 11) is 1.60. The Morgan fingerprint density at radius 2 is 1.52 bits per heavy atom. The quantitative estimate of drug-likeness (QED) is 0.700. The van der Waals surface area contributed by atoms with Crippen LogP contribution in [0.15, 0.2) is 59.1 Å². The molecule has 1 aliphatic rings. The number of benzene rings is 2. The number of halogens is 1. The van der Waals surface area contributed by atoms with Gasteiger partial charge in [-0.15, -0.1) is 0 Å². The van der Waals surface area contributed by atoms with Crippen LogP contribution >= 0.6 is 15.9 Å². The third kappa shape index (κ3) is 4.98. The zero-order valence-electron chi connectivity index (χ0n) is 15.1. The molecule has 1 fully saturated rings. The average Bonchev–Trinajstić information content (AvgIpc) is 2.73. The summed E-state index contributed by atoms with van der Waals surface area (Å²) in [5.41, 5.74) is 1.60. The van der Waals surface area contributed by atoms with Crippen molar-refractivity contribution in [3.63, 3.8) is 0 Å². The van der Waals surface area contributed by atoms with Crippen LogP contribution in [0, 0.1) is 0 Å². The fourth-order valence-electron chi connectivity index (χ4n) is 2.89. The van der Waals surface area contributed by atoms with Gasteiger partial charge >= 0.3 is 0 Å². The van der Waals surface area contributed by atoms with Crippen molar-refractivity contribution >= 4 is 33.8 Å². The Hall–Kier alpha value is -2.60. The molecule has 2 aromatic carbocycles. The van der Waals surface area contributed by atoms with Crippen molar-refractivity contribution < 1.29 is 14.3 Å². The van der Waals surface area contributed by atoms with Gasteiger partial charge in [0.25, 0.3) is 5.91 Å². The summed E-state index contributed by atoms with van der Waals surface area (Å²) >= 11 is 3.39. The van der Waals surface area contributed by atoms with Crippen molar-refractivity contribution in [2.24, 2.45) is 0 Å². The normalized spacial score (nSPS) is 14.4. The molecule has 0 atom stereocenters. The van der Waals surface area contributed by atoms with Crippen molar-refractivity contribution in [1.82, 2.24) is 9.80 Å². The molecule has 2 amide bonds. The Morgan fingerprint density at radius 1 is 0.926 bits per heavy atom. The first-order valence-corrected chi connectivity index (χ1v) is 9.52. The number of hydrogen-bond acceptors (Lipinski definition) is 3. The molecule has 0 N–H and O–H groups in total. The molecule has 0 saturated carbocycles. The molecular formula is C21H21BrN2O3. The van der Waals surface area contributed by atoms with E-state index in [0.29, 0.717) is 31.7 Å². The molecule has 3 rings (SSSR count). The molecule has 5 nitrogen and oxygen atoms in total. The van der Waals surface area contributed by atoms with Gasteiger partial charge in [-0.25, -0.2) is 0 Å². The van der Waals surface area contributed by atoms with E-state index in [9.17, 15) is 9.59 Å². The second-order valence-corrected chi connectivity index (χ2v) is 7.15. The second-order valence-electron chi connectivity index (χ2n) is 6.23. The van der Waals surface area contributed by atoms with Crippen LogP contribution in [0.2, 0.25) is 0 Å². The molecule has 0 spiro atoms. The molecule has 1 heterocycles. The Balaban J connectivity index is 1.53. The maximum atomic E-state index is 12.6. The topological polar surface area (TPSA) is 49.9 Å². The number of ether oxygens (including phenoxy) is 1. The lowest BCUT2D eigenvalue weighted by atomic mass is 10.1. The van der Waals surface area contributed by atoms with E-state index in [0.717, 1.165) is 15.8 Å². The molecule has 140 valence electrons. The van der Waals surface area contributed by atoms with Crippen molar-refractivity contribution in [3.05, 3.63) is 70.2 Å². The van der Waals surface area contributed by atoms with Gasteiger partial charge in [0.05, 0.1) is 7.11 Å². The van der Waals surface area contributed by atoms with E-state index in [1.807, 2.05) is 30.3 Å². The first-order valence-electron chi connectivity index (χ1n) is 8.73. The van der Waals surface area contributed by atoms with Crippen LogP contribution in [-0.4, -0.2) is 54.9 Å². The molecule has 27 heavy (non-hydrogen) atoms. The maximum Gasteiger partial charge on any atom is 0.253 e. The molecule has 0 bridgehead atoms. The molecule has 0 aliphatic carbocycles. The number of methoxy groups -OCH3 is 1. The van der Waals surface area contributed by atoms with Gasteiger partial charge in [-0.1, -0.05) is 28.1 Å². The van der Waals surface area contributed by atoms with Crippen LogP contribution in [0.25, 0.3) is 6.08 Å². The van der Waals surface area contributed by atoms with Crippen LogP contribution in [0.5, 0.6) is 5.75 Å². The highest BCUT2D eigenvalue weighted by Crippen LogP contribution is 2.15. The predicted octanol–water partition coefficient (Wildman–Crippen LogP) is 3.46. The molecular weight excluding hydrogens is 408 g/mol. The van der Waals surface area contributed by atoms with Gasteiger partial charge in [-0.3, -0.25) is 9.59 Å². The van der Waals surface area contributed by atoms with Crippen LogP contribution in [-0.2, 0) is 4.79 Å². The van der Waals surface area contributed by atoms with Crippen molar-refractivity contribution in [2.75, 3.05) is 33.3 Å². The molecule has 0 unspecified atom stereocenters. The van der Waals surface area contributed by atoms with Crippen LogP contribution < -0.4 is 4.74 Å². The highest BCUT2D eigenvalue weighted by Gasteiger charge is 2.23. The van der Waals surface area contributed by atoms with Gasteiger partial charge in [-0.2, -0.15) is 0 Å². The number of carbonyl (C=O) groups excluding carboxylic acids is 2. The minimum Gasteiger partial charge on any atom is -0.497 e. The molecule has 1 aliphatic heterocycles. The minimum atomic E-state index is -0.0329. The van der Waals surface area contributed by atoms with Gasteiger partial charge in [0.15, 0.2) is 0 Å². The van der Waals surface area contributed by atoms with E-state index in [1.165, 1.54) is 0 Å². The van der Waals surface area contributed by atoms with Gasteiger partial charge < -0.3 is 14.5 Å². The first kappa shape index (κ1) is 19.2. The Bertz CT molecular complexity index is 824. The molecule has 0 aromatic heterocycles. The molecule has 0 radical (unpaired) electrons. The summed E-state index contributed by atoms with van der Waals surface area (Å²) in [5, 5.41) is 0. The van der Waals surface area contributed by atoms with E-state index < -0.39 is 0 Å². The Morgan fingerprint density at radius 3 is 2.11 bits per heavy atom. The number of nitrogens with zero attached hydrogens (tertiary/aromatic N) is 2.